The zero-order chi connectivity index (χ0) is 54.2. The van der Waals surface area contributed by atoms with Gasteiger partial charge >= 0.3 is 5.97 Å². The number of ether oxygens (including phenoxy) is 6. The van der Waals surface area contributed by atoms with Crippen LogP contribution in [-0.4, -0.2) is 185 Å². The predicted molar refractivity (Wildman–Crippen MR) is 270 cm³/mol. The molecule has 73 heavy (non-hydrogen) atoms. The molecule has 0 saturated carbocycles. The fourth-order valence-corrected chi connectivity index (χ4v) is 11.4. The number of hydroxylamine groups is 1. The number of methoxy groups -OCH3 is 1. The maximum absolute atomic E-state index is 14.5. The van der Waals surface area contributed by atoms with Gasteiger partial charge in [-0.25, -0.2) is 5.48 Å². The van der Waals surface area contributed by atoms with Crippen molar-refractivity contribution in [1.82, 2.24) is 30.3 Å². The summed E-state index contributed by atoms with van der Waals surface area (Å²) in [6.07, 6.45) is -3.66. The SMILES string of the molecule is CC[C@@H]1OC(=O)[C@H](C)[C@@H](O[C@@H]2C[C@](C)(OC)[C@H](O)[C@@H](C)O2)[C@@H](C)[C@@H](O[C@@H]2O[C@H](C)C[C@H](N(C)Cc3cccc(-c4cn(CCCCCCC(=O)NO)nn4)c3)[C@H]2O)[C@](C)(O)C[C@@H](C)CN(C)[C@H](C)[C@@H](O)[C@]1(C)O. The van der Waals surface area contributed by atoms with Crippen LogP contribution in [0.15, 0.2) is 30.5 Å². The standard InChI is InChI=1S/C53H90N6O14/c1-14-41-53(10,66)46(62)35(6)57(11)28-31(2)26-51(8,65)48(33(4)45(34(5)49(64)71-41)72-43-27-52(9,68-13)47(63)36(7)70-43)73-50-44(61)40(24-32(3)69-50)58(12)29-37-20-19-21-38(25-37)39-30-59(56-54-39)23-18-16-15-17-22-42(60)55-67/h19-21,25,30-36,40-41,43-48,50,61-63,65-67H,14-18,22-24,26-29H2,1-13H3,(H,55,60)/t31-,32-,33-,34-,35-,36-,40+,41+,43-,44-,45+,46-,47-,48-,50+,51-,52+,53-/m1/s1. The average Bonchev–Trinajstić information content (AvgIpc) is 3.82. The van der Waals surface area contributed by atoms with Gasteiger partial charge < -0.3 is 58.9 Å². The summed E-state index contributed by atoms with van der Waals surface area (Å²) in [6.45, 7) is 19.1. The second-order valence-corrected chi connectivity index (χ2v) is 22.4. The summed E-state index contributed by atoms with van der Waals surface area (Å²) in [5, 5.41) is 77.4. The molecule has 18 atom stereocenters. The third-order valence-corrected chi connectivity index (χ3v) is 16.0. The molecule has 3 fully saturated rings. The monoisotopic (exact) mass is 1030 g/mol. The van der Waals surface area contributed by atoms with Crippen LogP contribution in [0.1, 0.15) is 133 Å². The number of carbonyl (C=O) groups excluding carboxylic acids is 2. The first-order valence-corrected chi connectivity index (χ1v) is 26.5. The number of benzene rings is 1. The number of carbonyl (C=O) groups is 2. The van der Waals surface area contributed by atoms with Crippen LogP contribution in [0.2, 0.25) is 0 Å². The Morgan fingerprint density at radius 3 is 2.34 bits per heavy atom. The smallest absolute Gasteiger partial charge is 0.311 e. The molecular weight excluding hydrogens is 945 g/mol. The number of cyclic esters (lactones) is 1. The van der Waals surface area contributed by atoms with Gasteiger partial charge in [0.2, 0.25) is 5.91 Å². The van der Waals surface area contributed by atoms with Crippen LogP contribution in [0.3, 0.4) is 0 Å². The molecule has 3 saturated heterocycles. The Labute approximate surface area is 432 Å². The van der Waals surface area contributed by atoms with E-state index in [1.54, 1.807) is 47.0 Å². The van der Waals surface area contributed by atoms with Gasteiger partial charge in [0, 0.05) is 63.2 Å². The minimum absolute atomic E-state index is 0.0957. The first-order chi connectivity index (χ1) is 34.3. The molecule has 20 heteroatoms. The molecule has 5 rings (SSSR count). The number of aryl methyl sites for hydroxylation is 1. The van der Waals surface area contributed by atoms with Gasteiger partial charge in [-0.2, -0.15) is 0 Å². The Hall–Kier alpha value is -3.22. The lowest BCUT2D eigenvalue weighted by molar-refractivity contribution is -0.318. The van der Waals surface area contributed by atoms with Gasteiger partial charge in [0.05, 0.1) is 47.7 Å². The molecule has 0 bridgehead atoms. The molecule has 1 aromatic carbocycles. The van der Waals surface area contributed by atoms with Crippen LogP contribution in [0, 0.1) is 17.8 Å². The van der Waals surface area contributed by atoms with Gasteiger partial charge in [-0.15, -0.1) is 5.10 Å². The van der Waals surface area contributed by atoms with E-state index < -0.39 is 102 Å². The second kappa shape index (κ2) is 26.2. The Kier molecular flexibility index (Phi) is 21.8. The van der Waals surface area contributed by atoms with Crippen LogP contribution in [0.5, 0.6) is 0 Å². The van der Waals surface area contributed by atoms with Crippen molar-refractivity contribution in [2.45, 2.75) is 230 Å². The average molecular weight is 1040 g/mol. The fraction of sp³-hybridized carbons (Fsp3) is 0.811. The molecule has 1 aromatic heterocycles. The fourth-order valence-electron chi connectivity index (χ4n) is 11.4. The van der Waals surface area contributed by atoms with Crippen LogP contribution in [-0.2, 0) is 51.1 Å². The number of nitrogens with one attached hydrogen (secondary N) is 1. The van der Waals surface area contributed by atoms with Gasteiger partial charge in [-0.05, 0) is 112 Å². The van der Waals surface area contributed by atoms with E-state index in [-0.39, 0.29) is 43.6 Å². The first kappa shape index (κ1) is 60.6. The lowest BCUT2D eigenvalue weighted by Crippen LogP contribution is -2.60. The van der Waals surface area contributed by atoms with E-state index in [4.69, 9.17) is 33.6 Å². The van der Waals surface area contributed by atoms with E-state index in [0.29, 0.717) is 32.5 Å². The van der Waals surface area contributed by atoms with E-state index in [0.717, 1.165) is 36.1 Å². The van der Waals surface area contributed by atoms with Crippen molar-refractivity contribution in [3.05, 3.63) is 36.0 Å². The van der Waals surface area contributed by atoms with Gasteiger partial charge in [0.25, 0.3) is 0 Å². The first-order valence-electron chi connectivity index (χ1n) is 26.5. The summed E-state index contributed by atoms with van der Waals surface area (Å²) >= 11 is 0. The summed E-state index contributed by atoms with van der Waals surface area (Å²) < 4.78 is 40.2. The molecule has 0 radical (unpaired) electrons. The van der Waals surface area contributed by atoms with Crippen LogP contribution < -0.4 is 5.48 Å². The number of aromatic nitrogens is 3. The number of esters is 1. The van der Waals surface area contributed by atoms with Gasteiger partial charge in [-0.1, -0.05) is 57.0 Å². The summed E-state index contributed by atoms with van der Waals surface area (Å²) in [5.74, 6) is -3.19. The van der Waals surface area contributed by atoms with Crippen LogP contribution in [0.25, 0.3) is 11.3 Å². The van der Waals surface area contributed by atoms with E-state index in [9.17, 15) is 35.1 Å². The van der Waals surface area contributed by atoms with Crippen molar-refractivity contribution < 1.29 is 68.8 Å². The number of amides is 1. The van der Waals surface area contributed by atoms with Crippen molar-refractivity contribution in [3.63, 3.8) is 0 Å². The summed E-state index contributed by atoms with van der Waals surface area (Å²) in [6, 6.07) is 6.99. The van der Waals surface area contributed by atoms with Gasteiger partial charge in [0.15, 0.2) is 12.6 Å². The van der Waals surface area contributed by atoms with Gasteiger partial charge in [0.1, 0.15) is 35.7 Å². The molecule has 20 nitrogen and oxygen atoms in total. The minimum atomic E-state index is -1.84. The minimum Gasteiger partial charge on any atom is -0.459 e. The van der Waals surface area contributed by atoms with E-state index in [1.165, 1.54) is 14.0 Å². The molecule has 1 amide bonds. The number of hydrogen-bond donors (Lipinski definition) is 7. The van der Waals surface area contributed by atoms with E-state index >= 15 is 0 Å². The van der Waals surface area contributed by atoms with Crippen molar-refractivity contribution in [3.8, 4) is 11.3 Å². The number of likely N-dealkylation sites (N-methyl/N-ethyl adjacent to an activating group) is 2. The van der Waals surface area contributed by atoms with Crippen molar-refractivity contribution in [1.29, 1.82) is 0 Å². The Bertz CT molecular complexity index is 2040. The van der Waals surface area contributed by atoms with Crippen LogP contribution in [0.4, 0.5) is 0 Å². The number of aliphatic hydroxyl groups is 5. The summed E-state index contributed by atoms with van der Waals surface area (Å²) in [4.78, 5) is 29.8. The predicted octanol–water partition coefficient (Wildman–Crippen LogP) is 4.19. The lowest BCUT2D eigenvalue weighted by Gasteiger charge is -2.49. The Morgan fingerprint density at radius 1 is 0.973 bits per heavy atom. The number of nitrogens with zero attached hydrogens (tertiary/aromatic N) is 5. The van der Waals surface area contributed by atoms with Crippen molar-refractivity contribution in [2.24, 2.45) is 17.8 Å². The zero-order valence-corrected chi connectivity index (χ0v) is 45.7. The Morgan fingerprint density at radius 2 is 1.67 bits per heavy atom. The molecular formula is C53H90N6O14. The second-order valence-electron chi connectivity index (χ2n) is 22.4. The van der Waals surface area contributed by atoms with Crippen molar-refractivity contribution in [2.75, 3.05) is 27.7 Å². The highest BCUT2D eigenvalue weighted by atomic mass is 16.7. The molecule has 416 valence electrons. The molecule has 3 aliphatic rings. The summed E-state index contributed by atoms with van der Waals surface area (Å²) in [7, 11) is 5.28. The highest BCUT2D eigenvalue weighted by Gasteiger charge is 2.53. The third kappa shape index (κ3) is 15.3. The number of hydrogen-bond acceptors (Lipinski definition) is 18. The highest BCUT2D eigenvalue weighted by molar-refractivity contribution is 5.74. The van der Waals surface area contributed by atoms with E-state index in [1.807, 2.05) is 68.8 Å². The third-order valence-electron chi connectivity index (χ3n) is 16.0. The molecule has 7 N–H and O–H groups in total. The molecule has 3 aliphatic heterocycles. The quantitative estimate of drug-likeness (QED) is 0.0507. The van der Waals surface area contributed by atoms with Crippen molar-refractivity contribution >= 4 is 11.9 Å². The lowest BCUT2D eigenvalue weighted by atomic mass is 9.77. The zero-order valence-electron chi connectivity index (χ0n) is 45.7. The maximum atomic E-state index is 14.5. The number of unbranched alkanes of at least 4 members (excludes halogenated alkanes) is 3. The molecule has 0 unspecified atom stereocenters. The van der Waals surface area contributed by atoms with E-state index in [2.05, 4.69) is 21.3 Å². The molecule has 2 aromatic rings. The molecule has 0 aliphatic carbocycles. The molecule has 0 spiro atoms. The topological polar surface area (TPSA) is 260 Å². The Balaban J connectivity index is 1.42. The van der Waals surface area contributed by atoms with Gasteiger partial charge in [-0.3, -0.25) is 24.4 Å². The largest absolute Gasteiger partial charge is 0.459 e. The summed E-state index contributed by atoms with van der Waals surface area (Å²) in [5.41, 5.74) is -0.294. The molecule has 4 heterocycles. The van der Waals surface area contributed by atoms with Crippen LogP contribution >= 0.6 is 0 Å². The number of aliphatic hydroxyl groups excluding tert-OH is 3. The highest BCUT2D eigenvalue weighted by Crippen LogP contribution is 2.40. The number of rotatable bonds is 17. The normalized spacial score (nSPS) is 38.6. The maximum Gasteiger partial charge on any atom is 0.311 e.